The quantitative estimate of drug-likeness (QED) is 0.758. The molecule has 2 N–H and O–H groups in total. The van der Waals surface area contributed by atoms with Crippen LogP contribution in [-0.2, 0) is 9.59 Å². The van der Waals surface area contributed by atoms with Gasteiger partial charge in [0.25, 0.3) is 0 Å². The normalized spacial score (nSPS) is 11.8. The molecule has 0 saturated heterocycles. The lowest BCUT2D eigenvalue weighted by Crippen LogP contribution is -2.28. The van der Waals surface area contributed by atoms with Crippen LogP contribution in [0, 0.1) is 0 Å². The number of carboxylic acid groups (broad SMARTS) is 1. The molecule has 1 unspecified atom stereocenters. The van der Waals surface area contributed by atoms with Crippen molar-refractivity contribution in [1.82, 2.24) is 5.32 Å². The van der Waals surface area contributed by atoms with Crippen molar-refractivity contribution < 1.29 is 14.7 Å². The number of nitrogens with one attached hydrogen (secondary N) is 1. The van der Waals surface area contributed by atoms with Crippen molar-refractivity contribution in [3.63, 3.8) is 0 Å². The molecule has 0 bridgehead atoms. The zero-order valence-corrected chi connectivity index (χ0v) is 11.3. The van der Waals surface area contributed by atoms with Crippen LogP contribution in [0.2, 0.25) is 0 Å². The second-order valence-corrected chi connectivity index (χ2v) is 4.57. The third-order valence-electron chi connectivity index (χ3n) is 2.94. The van der Waals surface area contributed by atoms with E-state index in [0.29, 0.717) is 12.8 Å². The van der Waals surface area contributed by atoms with E-state index in [9.17, 15) is 9.59 Å². The van der Waals surface area contributed by atoms with E-state index in [1.807, 2.05) is 37.3 Å². The van der Waals surface area contributed by atoms with Crippen LogP contribution in [0.1, 0.15) is 50.6 Å². The summed E-state index contributed by atoms with van der Waals surface area (Å²) < 4.78 is 0. The minimum Gasteiger partial charge on any atom is -0.481 e. The molecular weight excluding hydrogens is 242 g/mol. The Morgan fingerprint density at radius 1 is 1.21 bits per heavy atom. The average molecular weight is 263 g/mol. The summed E-state index contributed by atoms with van der Waals surface area (Å²) in [5, 5.41) is 11.7. The van der Waals surface area contributed by atoms with Crippen LogP contribution in [0.4, 0.5) is 0 Å². The SMILES string of the molecule is CCCCC(=O)NC(CCC(=O)O)c1ccccc1. The molecule has 1 aromatic rings. The smallest absolute Gasteiger partial charge is 0.303 e. The van der Waals surface area contributed by atoms with E-state index in [2.05, 4.69) is 5.32 Å². The minimum atomic E-state index is -0.844. The van der Waals surface area contributed by atoms with Gasteiger partial charge < -0.3 is 10.4 Å². The van der Waals surface area contributed by atoms with Crippen molar-refractivity contribution in [2.45, 2.75) is 45.1 Å². The Hall–Kier alpha value is -1.84. The van der Waals surface area contributed by atoms with E-state index >= 15 is 0 Å². The topological polar surface area (TPSA) is 66.4 Å². The fraction of sp³-hybridized carbons (Fsp3) is 0.467. The Bertz CT molecular complexity index is 403. The number of unbranched alkanes of at least 4 members (excludes halogenated alkanes) is 1. The van der Waals surface area contributed by atoms with Crippen molar-refractivity contribution in [2.75, 3.05) is 0 Å². The molecule has 0 radical (unpaired) electrons. The summed E-state index contributed by atoms with van der Waals surface area (Å²) in [6.45, 7) is 2.03. The van der Waals surface area contributed by atoms with Gasteiger partial charge in [0.05, 0.1) is 6.04 Å². The summed E-state index contributed by atoms with van der Waals surface area (Å²) in [4.78, 5) is 22.5. The lowest BCUT2D eigenvalue weighted by atomic mass is 10.0. The highest BCUT2D eigenvalue weighted by molar-refractivity contribution is 5.76. The molecule has 0 aliphatic rings. The number of carbonyl (C=O) groups is 2. The summed E-state index contributed by atoms with van der Waals surface area (Å²) in [6, 6.07) is 9.28. The highest BCUT2D eigenvalue weighted by atomic mass is 16.4. The standard InChI is InChI=1S/C15H21NO3/c1-2-3-9-14(17)16-13(10-11-15(18)19)12-7-5-4-6-8-12/h4-8,13H,2-3,9-11H2,1H3,(H,16,17)(H,18,19). The maximum Gasteiger partial charge on any atom is 0.303 e. The van der Waals surface area contributed by atoms with E-state index in [1.54, 1.807) is 0 Å². The van der Waals surface area contributed by atoms with Gasteiger partial charge in [0.1, 0.15) is 0 Å². The highest BCUT2D eigenvalue weighted by Gasteiger charge is 2.15. The molecule has 0 spiro atoms. The van der Waals surface area contributed by atoms with E-state index in [1.165, 1.54) is 0 Å². The predicted octanol–water partition coefficient (Wildman–Crippen LogP) is 2.90. The number of amides is 1. The maximum absolute atomic E-state index is 11.8. The number of rotatable bonds is 8. The number of hydrogen-bond acceptors (Lipinski definition) is 2. The van der Waals surface area contributed by atoms with Gasteiger partial charge >= 0.3 is 5.97 Å². The Morgan fingerprint density at radius 2 is 1.89 bits per heavy atom. The van der Waals surface area contributed by atoms with Crippen LogP contribution in [0.3, 0.4) is 0 Å². The van der Waals surface area contributed by atoms with Crippen LogP contribution in [0.15, 0.2) is 30.3 Å². The lowest BCUT2D eigenvalue weighted by molar-refractivity contribution is -0.137. The van der Waals surface area contributed by atoms with Gasteiger partial charge in [-0.1, -0.05) is 43.7 Å². The molecule has 0 aliphatic carbocycles. The Morgan fingerprint density at radius 3 is 2.47 bits per heavy atom. The van der Waals surface area contributed by atoms with Gasteiger partial charge in [0.2, 0.25) is 5.91 Å². The summed E-state index contributed by atoms with van der Waals surface area (Å²) in [5.74, 6) is -0.857. The monoisotopic (exact) mass is 263 g/mol. The zero-order valence-electron chi connectivity index (χ0n) is 11.3. The average Bonchev–Trinajstić information content (AvgIpc) is 2.42. The maximum atomic E-state index is 11.8. The van der Waals surface area contributed by atoms with E-state index in [0.717, 1.165) is 18.4 Å². The van der Waals surface area contributed by atoms with Gasteiger partial charge in [-0.3, -0.25) is 9.59 Å². The predicted molar refractivity (Wildman–Crippen MR) is 73.7 cm³/mol. The van der Waals surface area contributed by atoms with Crippen LogP contribution < -0.4 is 5.32 Å². The van der Waals surface area contributed by atoms with Crippen LogP contribution in [0.25, 0.3) is 0 Å². The number of carbonyl (C=O) groups excluding carboxylic acids is 1. The van der Waals surface area contributed by atoms with E-state index in [-0.39, 0.29) is 18.4 Å². The van der Waals surface area contributed by atoms with Gasteiger partial charge in [0, 0.05) is 12.8 Å². The number of carboxylic acids is 1. The van der Waals surface area contributed by atoms with Crippen LogP contribution in [0.5, 0.6) is 0 Å². The first-order valence-electron chi connectivity index (χ1n) is 6.69. The van der Waals surface area contributed by atoms with Crippen molar-refractivity contribution in [2.24, 2.45) is 0 Å². The summed E-state index contributed by atoms with van der Waals surface area (Å²) in [6.07, 6.45) is 2.78. The third-order valence-corrected chi connectivity index (χ3v) is 2.94. The van der Waals surface area contributed by atoms with Gasteiger partial charge in [-0.2, -0.15) is 0 Å². The number of aliphatic carboxylic acids is 1. The van der Waals surface area contributed by atoms with Crippen LogP contribution >= 0.6 is 0 Å². The Labute approximate surface area is 113 Å². The fourth-order valence-electron chi connectivity index (χ4n) is 1.88. The largest absolute Gasteiger partial charge is 0.481 e. The molecular formula is C15H21NO3. The highest BCUT2D eigenvalue weighted by Crippen LogP contribution is 2.18. The molecule has 4 heteroatoms. The molecule has 19 heavy (non-hydrogen) atoms. The van der Waals surface area contributed by atoms with Gasteiger partial charge in [-0.15, -0.1) is 0 Å². The van der Waals surface area contributed by atoms with Gasteiger partial charge in [-0.05, 0) is 18.4 Å². The Balaban J connectivity index is 2.64. The summed E-state index contributed by atoms with van der Waals surface area (Å²) >= 11 is 0. The molecule has 1 aromatic carbocycles. The molecule has 0 aromatic heterocycles. The molecule has 0 heterocycles. The molecule has 0 saturated carbocycles. The van der Waals surface area contributed by atoms with Crippen molar-refractivity contribution in [3.05, 3.63) is 35.9 Å². The number of benzene rings is 1. The lowest BCUT2D eigenvalue weighted by Gasteiger charge is -2.18. The molecule has 1 amide bonds. The van der Waals surface area contributed by atoms with E-state index in [4.69, 9.17) is 5.11 Å². The first-order valence-corrected chi connectivity index (χ1v) is 6.69. The molecule has 0 fully saturated rings. The summed E-state index contributed by atoms with van der Waals surface area (Å²) in [7, 11) is 0. The first kappa shape index (κ1) is 15.2. The zero-order chi connectivity index (χ0) is 14.1. The van der Waals surface area contributed by atoms with Crippen LogP contribution in [-0.4, -0.2) is 17.0 Å². The summed E-state index contributed by atoms with van der Waals surface area (Å²) in [5.41, 5.74) is 0.952. The van der Waals surface area contributed by atoms with Gasteiger partial charge in [-0.25, -0.2) is 0 Å². The fourth-order valence-corrected chi connectivity index (χ4v) is 1.88. The van der Waals surface area contributed by atoms with Crippen molar-refractivity contribution in [1.29, 1.82) is 0 Å². The molecule has 104 valence electrons. The van der Waals surface area contributed by atoms with Crippen molar-refractivity contribution in [3.8, 4) is 0 Å². The molecule has 4 nitrogen and oxygen atoms in total. The second kappa shape index (κ2) is 8.29. The second-order valence-electron chi connectivity index (χ2n) is 4.57. The molecule has 1 atom stereocenters. The Kier molecular flexibility index (Phi) is 6.64. The minimum absolute atomic E-state index is 0.0129. The van der Waals surface area contributed by atoms with E-state index < -0.39 is 5.97 Å². The molecule has 0 aliphatic heterocycles. The van der Waals surface area contributed by atoms with Gasteiger partial charge in [0.15, 0.2) is 0 Å². The first-order chi connectivity index (χ1) is 9.13. The number of hydrogen-bond donors (Lipinski definition) is 2. The molecule has 1 rings (SSSR count). The van der Waals surface area contributed by atoms with Crippen molar-refractivity contribution >= 4 is 11.9 Å². The third kappa shape index (κ3) is 6.04.